The largest absolute Gasteiger partial charge is 0.481 e. The molecule has 1 saturated heterocycles. The summed E-state index contributed by atoms with van der Waals surface area (Å²) >= 11 is 0. The number of carboxylic acid groups (broad SMARTS) is 1. The van der Waals surface area contributed by atoms with Crippen LogP contribution in [-0.4, -0.2) is 48.2 Å². The van der Waals surface area contributed by atoms with E-state index in [0.717, 1.165) is 19.3 Å². The molecule has 1 fully saturated rings. The van der Waals surface area contributed by atoms with E-state index in [1.54, 1.807) is 0 Å². The van der Waals surface area contributed by atoms with Crippen molar-refractivity contribution in [3.8, 4) is 0 Å². The Morgan fingerprint density at radius 2 is 1.94 bits per heavy atom. The number of rotatable bonds is 7. The molecule has 1 aliphatic rings. The first-order chi connectivity index (χ1) is 8.63. The second-order valence-corrected chi connectivity index (χ2v) is 4.78. The SMILES string of the molecule is CCCOCCC(=O)N1CCC(CC(=O)O)CC1. The van der Waals surface area contributed by atoms with Gasteiger partial charge in [0.15, 0.2) is 0 Å². The van der Waals surface area contributed by atoms with Crippen LogP contribution in [0.1, 0.15) is 39.0 Å². The summed E-state index contributed by atoms with van der Waals surface area (Å²) in [6, 6.07) is 0. The Kier molecular flexibility index (Phi) is 6.72. The van der Waals surface area contributed by atoms with Gasteiger partial charge in [0.1, 0.15) is 0 Å². The van der Waals surface area contributed by atoms with Crippen LogP contribution in [0.25, 0.3) is 0 Å². The Balaban J connectivity index is 2.17. The highest BCUT2D eigenvalue weighted by molar-refractivity contribution is 5.76. The molecular weight excluding hydrogens is 234 g/mol. The number of carbonyl (C=O) groups excluding carboxylic acids is 1. The molecule has 0 unspecified atom stereocenters. The van der Waals surface area contributed by atoms with Crippen molar-refractivity contribution in [2.45, 2.75) is 39.0 Å². The van der Waals surface area contributed by atoms with Crippen molar-refractivity contribution in [2.24, 2.45) is 5.92 Å². The molecule has 1 N–H and O–H groups in total. The first-order valence-corrected chi connectivity index (χ1v) is 6.70. The van der Waals surface area contributed by atoms with Gasteiger partial charge in [0.25, 0.3) is 0 Å². The maximum absolute atomic E-state index is 11.8. The van der Waals surface area contributed by atoms with Crippen LogP contribution in [0, 0.1) is 5.92 Å². The van der Waals surface area contributed by atoms with Gasteiger partial charge in [-0.25, -0.2) is 0 Å². The smallest absolute Gasteiger partial charge is 0.303 e. The number of ether oxygens (including phenoxy) is 1. The van der Waals surface area contributed by atoms with Crippen LogP contribution < -0.4 is 0 Å². The van der Waals surface area contributed by atoms with Crippen molar-refractivity contribution in [1.82, 2.24) is 4.90 Å². The summed E-state index contributed by atoms with van der Waals surface area (Å²) in [4.78, 5) is 24.2. The Morgan fingerprint density at radius 1 is 1.28 bits per heavy atom. The van der Waals surface area contributed by atoms with Crippen LogP contribution in [0.2, 0.25) is 0 Å². The van der Waals surface area contributed by atoms with Gasteiger partial charge in [0.05, 0.1) is 13.0 Å². The minimum Gasteiger partial charge on any atom is -0.481 e. The van der Waals surface area contributed by atoms with Crippen LogP contribution in [0.15, 0.2) is 0 Å². The quantitative estimate of drug-likeness (QED) is 0.702. The molecule has 1 heterocycles. The van der Waals surface area contributed by atoms with E-state index in [9.17, 15) is 9.59 Å². The number of aliphatic carboxylic acids is 1. The number of likely N-dealkylation sites (tertiary alicyclic amines) is 1. The third-order valence-electron chi connectivity index (χ3n) is 3.24. The van der Waals surface area contributed by atoms with Gasteiger partial charge in [0.2, 0.25) is 5.91 Å². The molecule has 5 heteroatoms. The van der Waals surface area contributed by atoms with E-state index in [-0.39, 0.29) is 18.2 Å². The van der Waals surface area contributed by atoms with E-state index < -0.39 is 5.97 Å². The van der Waals surface area contributed by atoms with Gasteiger partial charge in [-0.05, 0) is 25.2 Å². The molecule has 18 heavy (non-hydrogen) atoms. The molecular formula is C13H23NO4. The first-order valence-electron chi connectivity index (χ1n) is 6.70. The summed E-state index contributed by atoms with van der Waals surface area (Å²) in [5, 5.41) is 8.71. The predicted octanol–water partition coefficient (Wildman–Crippen LogP) is 1.52. The maximum atomic E-state index is 11.8. The highest BCUT2D eigenvalue weighted by Crippen LogP contribution is 2.20. The maximum Gasteiger partial charge on any atom is 0.303 e. The van der Waals surface area contributed by atoms with Crippen molar-refractivity contribution < 1.29 is 19.4 Å². The topological polar surface area (TPSA) is 66.8 Å². The van der Waals surface area contributed by atoms with E-state index >= 15 is 0 Å². The molecule has 104 valence electrons. The molecule has 1 aliphatic heterocycles. The monoisotopic (exact) mass is 257 g/mol. The second-order valence-electron chi connectivity index (χ2n) is 4.78. The average molecular weight is 257 g/mol. The lowest BCUT2D eigenvalue weighted by molar-refractivity contribution is -0.138. The molecule has 1 amide bonds. The summed E-state index contributed by atoms with van der Waals surface area (Å²) in [6.45, 7) is 4.60. The summed E-state index contributed by atoms with van der Waals surface area (Å²) in [5.74, 6) is -0.393. The van der Waals surface area contributed by atoms with Gasteiger partial charge >= 0.3 is 5.97 Å². The highest BCUT2D eigenvalue weighted by atomic mass is 16.5. The fourth-order valence-electron chi connectivity index (χ4n) is 2.20. The molecule has 0 bridgehead atoms. The molecule has 0 aliphatic carbocycles. The Morgan fingerprint density at radius 3 is 2.50 bits per heavy atom. The van der Waals surface area contributed by atoms with Gasteiger partial charge in [-0.15, -0.1) is 0 Å². The van der Waals surface area contributed by atoms with Crippen molar-refractivity contribution in [3.05, 3.63) is 0 Å². The number of carbonyl (C=O) groups is 2. The van der Waals surface area contributed by atoms with E-state index in [1.807, 2.05) is 11.8 Å². The van der Waals surface area contributed by atoms with Gasteiger partial charge in [-0.2, -0.15) is 0 Å². The normalized spacial score (nSPS) is 16.8. The first kappa shape index (κ1) is 15.0. The minimum absolute atomic E-state index is 0.125. The van der Waals surface area contributed by atoms with Gasteiger partial charge in [0, 0.05) is 26.1 Å². The zero-order chi connectivity index (χ0) is 13.4. The third-order valence-corrected chi connectivity index (χ3v) is 3.24. The molecule has 1 rings (SSSR count). The molecule has 0 radical (unpaired) electrons. The van der Waals surface area contributed by atoms with E-state index in [0.29, 0.717) is 32.7 Å². The Labute approximate surface area is 108 Å². The van der Waals surface area contributed by atoms with Gasteiger partial charge in [-0.3, -0.25) is 9.59 Å². The lowest BCUT2D eigenvalue weighted by atomic mass is 9.93. The molecule has 5 nitrogen and oxygen atoms in total. The lowest BCUT2D eigenvalue weighted by Gasteiger charge is -2.31. The fourth-order valence-corrected chi connectivity index (χ4v) is 2.20. The number of nitrogens with zero attached hydrogens (tertiary/aromatic N) is 1. The molecule has 0 atom stereocenters. The second kappa shape index (κ2) is 8.08. The van der Waals surface area contributed by atoms with E-state index in [4.69, 9.17) is 9.84 Å². The van der Waals surface area contributed by atoms with Crippen molar-refractivity contribution in [3.63, 3.8) is 0 Å². The number of hydrogen-bond acceptors (Lipinski definition) is 3. The highest BCUT2D eigenvalue weighted by Gasteiger charge is 2.23. The van der Waals surface area contributed by atoms with Crippen LogP contribution >= 0.6 is 0 Å². The van der Waals surface area contributed by atoms with Gasteiger partial charge in [-0.1, -0.05) is 6.92 Å². The summed E-state index contributed by atoms with van der Waals surface area (Å²) in [5.41, 5.74) is 0. The Bertz CT molecular complexity index is 272. The Hall–Kier alpha value is -1.10. The zero-order valence-electron chi connectivity index (χ0n) is 11.1. The predicted molar refractivity (Wildman–Crippen MR) is 67.3 cm³/mol. The molecule has 0 spiro atoms. The summed E-state index contributed by atoms with van der Waals surface area (Å²) in [6.07, 6.45) is 3.22. The fraction of sp³-hybridized carbons (Fsp3) is 0.846. The zero-order valence-corrected chi connectivity index (χ0v) is 11.1. The molecule has 0 aromatic rings. The van der Waals surface area contributed by atoms with Crippen LogP contribution in [0.5, 0.6) is 0 Å². The minimum atomic E-state index is -0.743. The number of amides is 1. The van der Waals surface area contributed by atoms with E-state index in [2.05, 4.69) is 0 Å². The van der Waals surface area contributed by atoms with Crippen molar-refractivity contribution >= 4 is 11.9 Å². The molecule has 0 aromatic heterocycles. The number of carboxylic acids is 1. The third kappa shape index (κ3) is 5.49. The van der Waals surface area contributed by atoms with Crippen LogP contribution in [-0.2, 0) is 14.3 Å². The lowest BCUT2D eigenvalue weighted by Crippen LogP contribution is -2.39. The summed E-state index contributed by atoms with van der Waals surface area (Å²) in [7, 11) is 0. The van der Waals surface area contributed by atoms with Crippen LogP contribution in [0.3, 0.4) is 0 Å². The van der Waals surface area contributed by atoms with Crippen molar-refractivity contribution in [1.29, 1.82) is 0 Å². The standard InChI is InChI=1S/C13H23NO4/c1-2-8-18-9-5-12(15)14-6-3-11(4-7-14)10-13(16)17/h11H,2-10H2,1H3,(H,16,17). The van der Waals surface area contributed by atoms with Crippen molar-refractivity contribution in [2.75, 3.05) is 26.3 Å². The molecule has 0 aromatic carbocycles. The molecule has 0 saturated carbocycles. The average Bonchev–Trinajstić information content (AvgIpc) is 2.34. The van der Waals surface area contributed by atoms with Gasteiger partial charge < -0.3 is 14.7 Å². The number of hydrogen-bond donors (Lipinski definition) is 1. The van der Waals surface area contributed by atoms with E-state index in [1.165, 1.54) is 0 Å². The van der Waals surface area contributed by atoms with Crippen LogP contribution in [0.4, 0.5) is 0 Å². The number of piperidine rings is 1. The summed E-state index contributed by atoms with van der Waals surface area (Å²) < 4.78 is 5.29.